The maximum absolute atomic E-state index is 14.4. The summed E-state index contributed by atoms with van der Waals surface area (Å²) in [4.78, 5) is 44.1. The van der Waals surface area contributed by atoms with Crippen molar-refractivity contribution in [3.8, 4) is 0 Å². The number of aliphatic hydroxyl groups excluding tert-OH is 1. The van der Waals surface area contributed by atoms with Gasteiger partial charge in [0.25, 0.3) is 0 Å². The molecule has 2 amide bonds. The third-order valence-electron chi connectivity index (χ3n) is 7.70. The lowest BCUT2D eigenvalue weighted by molar-refractivity contribution is -0.155. The molecule has 2 bridgehead atoms. The Labute approximate surface area is 228 Å². The number of aromatic nitrogens is 3. The van der Waals surface area contributed by atoms with E-state index in [1.807, 2.05) is 24.3 Å². The maximum atomic E-state index is 14.4. The molecule has 1 N–H and O–H groups in total. The monoisotopic (exact) mass is 587 g/mol. The number of para-hydroxylation sites is 1. The fraction of sp³-hybridized carbons (Fsp3) is 0.500. The van der Waals surface area contributed by atoms with Crippen molar-refractivity contribution in [3.05, 3.63) is 49.6 Å². The first-order valence-electron chi connectivity index (χ1n) is 12.5. The number of benzene rings is 1. The van der Waals surface area contributed by atoms with E-state index < -0.39 is 47.5 Å². The number of carbonyl (C=O) groups is 3. The quantitative estimate of drug-likeness (QED) is 0.250. The summed E-state index contributed by atoms with van der Waals surface area (Å²) in [6, 6.07) is 5.64. The third-order valence-corrected chi connectivity index (χ3v) is 8.55. The van der Waals surface area contributed by atoms with Crippen molar-refractivity contribution in [1.29, 1.82) is 0 Å². The molecule has 2 aromatic rings. The average Bonchev–Trinajstić information content (AvgIpc) is 3.63. The number of esters is 1. The number of likely N-dealkylation sites (tertiary alicyclic amines) is 1. The van der Waals surface area contributed by atoms with E-state index in [-0.39, 0.29) is 37.2 Å². The van der Waals surface area contributed by atoms with E-state index in [9.17, 15) is 19.5 Å². The molecule has 11 nitrogen and oxygen atoms in total. The first-order chi connectivity index (χ1) is 18.3. The van der Waals surface area contributed by atoms with Gasteiger partial charge in [0.15, 0.2) is 0 Å². The van der Waals surface area contributed by atoms with Crippen LogP contribution in [-0.4, -0.2) is 96.1 Å². The van der Waals surface area contributed by atoms with Crippen molar-refractivity contribution in [2.24, 2.45) is 11.8 Å². The molecule has 7 atom stereocenters. The Morgan fingerprint density at radius 2 is 2.13 bits per heavy atom. The molecular weight excluding hydrogens is 558 g/mol. The fourth-order valence-corrected chi connectivity index (χ4v) is 7.09. The number of aliphatic hydroxyl groups is 1. The van der Waals surface area contributed by atoms with E-state index in [0.717, 1.165) is 5.52 Å². The largest absolute Gasteiger partial charge is 0.461 e. The van der Waals surface area contributed by atoms with Gasteiger partial charge in [-0.15, -0.1) is 11.7 Å². The lowest BCUT2D eigenvalue weighted by Gasteiger charge is -2.38. The van der Waals surface area contributed by atoms with Gasteiger partial charge in [-0.05, 0) is 25.5 Å². The molecule has 202 valence electrons. The molecule has 3 unspecified atom stereocenters. The molecule has 1 spiro atoms. The summed E-state index contributed by atoms with van der Waals surface area (Å²) in [6.07, 6.45) is 2.77. The summed E-state index contributed by atoms with van der Waals surface area (Å²) >= 11 is 3.62. The van der Waals surface area contributed by atoms with Crippen LogP contribution in [0.3, 0.4) is 0 Å². The number of amides is 2. The summed E-state index contributed by atoms with van der Waals surface area (Å²) in [5.41, 5.74) is 0.166. The molecule has 0 radical (unpaired) electrons. The molecule has 1 aromatic carbocycles. The van der Waals surface area contributed by atoms with Crippen LogP contribution in [0.25, 0.3) is 11.0 Å². The number of fused-ring (bicyclic) bond motifs is 2. The van der Waals surface area contributed by atoms with Gasteiger partial charge in [-0.1, -0.05) is 52.0 Å². The summed E-state index contributed by atoms with van der Waals surface area (Å²) in [6.45, 7) is 8.93. The highest BCUT2D eigenvalue weighted by atomic mass is 79.9. The molecule has 0 aliphatic carbocycles. The third kappa shape index (κ3) is 3.97. The zero-order valence-electron chi connectivity index (χ0n) is 21.0. The predicted molar refractivity (Wildman–Crippen MR) is 140 cm³/mol. The highest BCUT2D eigenvalue weighted by molar-refractivity contribution is 9.09. The maximum Gasteiger partial charge on any atom is 0.312 e. The van der Waals surface area contributed by atoms with E-state index in [2.05, 4.69) is 39.4 Å². The standard InChI is InChI=1S/C26H30BrN5O6/c1-4-10-30(14-31-18-9-7-6-8-17(18)28-29-31)24(35)22-26-12-16(27)21(38-26)19(25(36)37-11-5-2)20(26)23(34)32(22)15(3)13-33/h4-9,15-16,19-22,33H,1-2,10-14H2,3H3/t15-,16?,19-,20+,21-,22?,26?/m1/s1. The number of nitrogens with zero attached hydrogens (tertiary/aromatic N) is 5. The minimum Gasteiger partial charge on any atom is -0.461 e. The SMILES string of the molecule is C=CCOC(=O)[C@H]1[C@@H]2OC3(CC2Br)C(C(=O)N(CC=C)Cn2nnc4ccccc42)N([C@H](C)CO)C(=O)[C@H]13. The molecule has 0 saturated carbocycles. The van der Waals surface area contributed by atoms with Crippen LogP contribution >= 0.6 is 15.9 Å². The van der Waals surface area contributed by atoms with E-state index in [4.69, 9.17) is 9.47 Å². The molecule has 3 fully saturated rings. The second-order valence-corrected chi connectivity index (χ2v) is 11.1. The van der Waals surface area contributed by atoms with Crippen molar-refractivity contribution in [3.63, 3.8) is 0 Å². The number of ether oxygens (including phenoxy) is 2. The molecule has 3 aliphatic rings. The van der Waals surface area contributed by atoms with E-state index >= 15 is 0 Å². The Morgan fingerprint density at radius 1 is 1.37 bits per heavy atom. The van der Waals surface area contributed by atoms with Crippen molar-refractivity contribution in [1.82, 2.24) is 24.8 Å². The molecule has 12 heteroatoms. The Hall–Kier alpha value is -3.09. The number of hydrogen-bond donors (Lipinski definition) is 1. The van der Waals surface area contributed by atoms with Gasteiger partial charge in [0.1, 0.15) is 30.4 Å². The lowest BCUT2D eigenvalue weighted by atomic mass is 9.70. The first kappa shape index (κ1) is 26.5. The van der Waals surface area contributed by atoms with Crippen molar-refractivity contribution < 1.29 is 29.0 Å². The van der Waals surface area contributed by atoms with Crippen LogP contribution < -0.4 is 0 Å². The molecule has 3 saturated heterocycles. The highest BCUT2D eigenvalue weighted by Crippen LogP contribution is 2.60. The van der Waals surface area contributed by atoms with Gasteiger partial charge in [0, 0.05) is 11.4 Å². The number of rotatable bonds is 10. The van der Waals surface area contributed by atoms with Crippen LogP contribution in [0, 0.1) is 11.8 Å². The Kier molecular flexibility index (Phi) is 7.14. The fourth-order valence-electron chi connectivity index (χ4n) is 6.15. The Morgan fingerprint density at radius 3 is 2.84 bits per heavy atom. The number of halogens is 1. The minimum atomic E-state index is -1.27. The van der Waals surface area contributed by atoms with Crippen LogP contribution in [0.1, 0.15) is 13.3 Å². The Bertz CT molecular complexity index is 1280. The molecule has 4 heterocycles. The van der Waals surface area contributed by atoms with Crippen LogP contribution in [-0.2, 0) is 30.5 Å². The first-order valence-corrected chi connectivity index (χ1v) is 13.4. The second-order valence-electron chi connectivity index (χ2n) is 9.93. The zero-order valence-corrected chi connectivity index (χ0v) is 22.6. The lowest BCUT2D eigenvalue weighted by Crippen LogP contribution is -2.58. The minimum absolute atomic E-state index is 0.000999. The van der Waals surface area contributed by atoms with Gasteiger partial charge in [-0.2, -0.15) is 0 Å². The second kappa shape index (κ2) is 10.2. The zero-order chi connectivity index (χ0) is 27.2. The molecule has 38 heavy (non-hydrogen) atoms. The van der Waals surface area contributed by atoms with E-state index in [1.54, 1.807) is 17.7 Å². The number of carbonyl (C=O) groups excluding carboxylic acids is 3. The summed E-state index contributed by atoms with van der Waals surface area (Å²) in [5.74, 6) is -3.17. The van der Waals surface area contributed by atoms with Gasteiger partial charge in [0.05, 0.1) is 36.1 Å². The predicted octanol–water partition coefficient (Wildman–Crippen LogP) is 1.26. The smallest absolute Gasteiger partial charge is 0.312 e. The van der Waals surface area contributed by atoms with Crippen molar-refractivity contribution in [2.75, 3.05) is 19.8 Å². The van der Waals surface area contributed by atoms with E-state index in [0.29, 0.717) is 11.9 Å². The van der Waals surface area contributed by atoms with Crippen LogP contribution in [0.2, 0.25) is 0 Å². The van der Waals surface area contributed by atoms with Gasteiger partial charge in [0.2, 0.25) is 11.8 Å². The van der Waals surface area contributed by atoms with Crippen LogP contribution in [0.15, 0.2) is 49.6 Å². The van der Waals surface area contributed by atoms with Gasteiger partial charge in [-0.25, -0.2) is 4.68 Å². The van der Waals surface area contributed by atoms with Gasteiger partial charge >= 0.3 is 5.97 Å². The molecule has 1 aromatic heterocycles. The van der Waals surface area contributed by atoms with Gasteiger partial charge < -0.3 is 24.4 Å². The molecular formula is C26H30BrN5O6. The summed E-state index contributed by atoms with van der Waals surface area (Å²) in [7, 11) is 0. The highest BCUT2D eigenvalue weighted by Gasteiger charge is 2.77. The average molecular weight is 588 g/mol. The molecule has 5 rings (SSSR count). The topological polar surface area (TPSA) is 127 Å². The van der Waals surface area contributed by atoms with Gasteiger partial charge in [-0.3, -0.25) is 14.4 Å². The summed E-state index contributed by atoms with van der Waals surface area (Å²) in [5, 5.41) is 18.4. The molecule has 3 aliphatic heterocycles. The van der Waals surface area contributed by atoms with Crippen LogP contribution in [0.5, 0.6) is 0 Å². The normalized spacial score (nSPS) is 30.3. The van der Waals surface area contributed by atoms with Crippen LogP contribution in [0.4, 0.5) is 0 Å². The Balaban J connectivity index is 1.54. The number of alkyl halides is 1. The number of hydrogen-bond acceptors (Lipinski definition) is 8. The van der Waals surface area contributed by atoms with Crippen molar-refractivity contribution in [2.45, 2.75) is 48.6 Å². The van der Waals surface area contributed by atoms with E-state index in [1.165, 1.54) is 15.9 Å². The summed E-state index contributed by atoms with van der Waals surface area (Å²) < 4.78 is 13.4. The van der Waals surface area contributed by atoms with Crippen molar-refractivity contribution >= 4 is 44.7 Å².